The minimum Gasteiger partial charge on any atom is -0.357 e. The third-order valence-corrected chi connectivity index (χ3v) is 7.49. The van der Waals surface area contributed by atoms with Crippen LogP contribution >= 0.6 is 11.3 Å². The van der Waals surface area contributed by atoms with Gasteiger partial charge in [-0.2, -0.15) is 0 Å². The summed E-state index contributed by atoms with van der Waals surface area (Å²) in [6, 6.07) is 0.866. The van der Waals surface area contributed by atoms with Crippen molar-refractivity contribution in [3.8, 4) is 0 Å². The molecule has 6 nitrogen and oxygen atoms in total. The Kier molecular flexibility index (Phi) is 5.88. The number of hydrogen-bond donors (Lipinski definition) is 1. The monoisotopic (exact) mass is 390 g/mol. The molecule has 7 heteroatoms. The van der Waals surface area contributed by atoms with Gasteiger partial charge in [0.2, 0.25) is 0 Å². The van der Waals surface area contributed by atoms with E-state index in [9.17, 15) is 0 Å². The van der Waals surface area contributed by atoms with Crippen molar-refractivity contribution in [2.24, 2.45) is 16.8 Å². The first-order chi connectivity index (χ1) is 13.1. The minimum absolute atomic E-state index is 0.652. The van der Waals surface area contributed by atoms with Gasteiger partial charge in [0.1, 0.15) is 0 Å². The number of nitrogens with zero attached hydrogens (tertiary/aromatic N) is 5. The quantitative estimate of drug-likeness (QED) is 0.618. The van der Waals surface area contributed by atoms with Gasteiger partial charge in [-0.1, -0.05) is 6.42 Å². The lowest BCUT2D eigenvalue weighted by Crippen LogP contribution is -2.55. The highest BCUT2D eigenvalue weighted by Gasteiger charge is 2.42. The molecule has 27 heavy (non-hydrogen) atoms. The summed E-state index contributed by atoms with van der Waals surface area (Å²) in [6.45, 7) is 8.23. The number of rotatable bonds is 5. The van der Waals surface area contributed by atoms with Crippen LogP contribution in [0, 0.1) is 11.8 Å². The van der Waals surface area contributed by atoms with E-state index in [1.807, 2.05) is 14.1 Å². The molecule has 4 rings (SSSR count). The van der Waals surface area contributed by atoms with Crippen LogP contribution in [0.4, 0.5) is 5.13 Å². The number of aromatic nitrogens is 1. The van der Waals surface area contributed by atoms with Gasteiger partial charge in [-0.3, -0.25) is 4.90 Å². The lowest BCUT2D eigenvalue weighted by atomic mass is 9.93. The highest BCUT2D eigenvalue weighted by Crippen LogP contribution is 2.46. The Morgan fingerprint density at radius 2 is 2.07 bits per heavy atom. The molecular weight excluding hydrogens is 356 g/mol. The van der Waals surface area contributed by atoms with E-state index in [2.05, 4.69) is 37.3 Å². The highest BCUT2D eigenvalue weighted by molar-refractivity contribution is 7.13. The van der Waals surface area contributed by atoms with Gasteiger partial charge in [0.15, 0.2) is 11.1 Å². The van der Waals surface area contributed by atoms with Crippen LogP contribution in [0.1, 0.15) is 38.3 Å². The normalized spacial score (nSPS) is 28.8. The first-order valence-electron chi connectivity index (χ1n) is 10.5. The van der Waals surface area contributed by atoms with Crippen molar-refractivity contribution in [2.45, 2.75) is 45.2 Å². The molecule has 3 fully saturated rings. The molecule has 2 heterocycles. The minimum atomic E-state index is 0.652. The molecule has 2 saturated carbocycles. The van der Waals surface area contributed by atoms with Crippen LogP contribution in [-0.2, 0) is 6.54 Å². The summed E-state index contributed by atoms with van der Waals surface area (Å²) < 4.78 is 0. The first-order valence-corrected chi connectivity index (χ1v) is 11.4. The molecule has 0 aromatic carbocycles. The van der Waals surface area contributed by atoms with E-state index < -0.39 is 0 Å². The first kappa shape index (κ1) is 19.0. The van der Waals surface area contributed by atoms with Crippen molar-refractivity contribution in [2.75, 3.05) is 51.7 Å². The molecule has 3 unspecified atom stereocenters. The molecule has 1 saturated heterocycles. The summed E-state index contributed by atoms with van der Waals surface area (Å²) in [5.41, 5.74) is 1.06. The number of anilines is 1. The summed E-state index contributed by atoms with van der Waals surface area (Å²) in [5.74, 6) is 3.06. The second-order valence-corrected chi connectivity index (χ2v) is 9.29. The van der Waals surface area contributed by atoms with E-state index in [-0.39, 0.29) is 0 Å². The highest BCUT2D eigenvalue weighted by atomic mass is 32.1. The fraction of sp³-hybridized carbons (Fsp3) is 0.800. The average Bonchev–Trinajstić information content (AvgIpc) is 3.42. The standard InChI is InChI=1S/C20H34N6S/c1-4-21-19(22-13-17-14-27-20(23-17)24(2)3)26-9-7-25(8-10-26)18-12-15-5-6-16(18)11-15/h14-16,18H,4-13H2,1-3H3,(H,21,22). The van der Waals surface area contributed by atoms with Gasteiger partial charge >= 0.3 is 0 Å². The number of nitrogens with one attached hydrogen (secondary N) is 1. The molecule has 3 aliphatic rings. The van der Waals surface area contributed by atoms with E-state index in [1.54, 1.807) is 11.3 Å². The van der Waals surface area contributed by atoms with E-state index >= 15 is 0 Å². The molecule has 1 aromatic rings. The summed E-state index contributed by atoms with van der Waals surface area (Å²) in [5, 5.41) is 6.65. The zero-order valence-corrected chi connectivity index (χ0v) is 17.8. The van der Waals surface area contributed by atoms with Crippen LogP contribution < -0.4 is 10.2 Å². The molecule has 0 spiro atoms. The van der Waals surface area contributed by atoms with Gasteiger partial charge < -0.3 is 15.1 Å². The predicted octanol–water partition coefficient (Wildman–Crippen LogP) is 2.48. The number of hydrogen-bond acceptors (Lipinski definition) is 5. The largest absolute Gasteiger partial charge is 0.357 e. The number of aliphatic imine (C=N–C) groups is 1. The van der Waals surface area contributed by atoms with Gasteiger partial charge in [-0.05, 0) is 38.0 Å². The summed E-state index contributed by atoms with van der Waals surface area (Å²) in [6.07, 6.45) is 5.92. The van der Waals surface area contributed by atoms with Crippen molar-refractivity contribution in [1.29, 1.82) is 0 Å². The van der Waals surface area contributed by atoms with Gasteiger partial charge in [0.05, 0.1) is 12.2 Å². The number of guanidine groups is 1. The van der Waals surface area contributed by atoms with Crippen LogP contribution in [0.5, 0.6) is 0 Å². The Hall–Kier alpha value is -1.34. The summed E-state index contributed by atoms with van der Waals surface area (Å²) in [4.78, 5) is 16.8. The van der Waals surface area contributed by atoms with Crippen LogP contribution in [-0.4, -0.2) is 73.6 Å². The molecule has 150 valence electrons. The van der Waals surface area contributed by atoms with E-state index in [4.69, 9.17) is 4.99 Å². The Bertz CT molecular complexity index is 649. The van der Waals surface area contributed by atoms with Gasteiger partial charge in [0.25, 0.3) is 0 Å². The Balaban J connectivity index is 1.33. The summed E-state index contributed by atoms with van der Waals surface area (Å²) in [7, 11) is 4.07. The number of fused-ring (bicyclic) bond motifs is 2. The van der Waals surface area contributed by atoms with Crippen LogP contribution in [0.3, 0.4) is 0 Å². The average molecular weight is 391 g/mol. The molecule has 2 aliphatic carbocycles. The topological polar surface area (TPSA) is 47.0 Å². The maximum atomic E-state index is 4.88. The molecule has 3 atom stereocenters. The second-order valence-electron chi connectivity index (χ2n) is 8.45. The third kappa shape index (κ3) is 4.24. The molecule has 0 amide bonds. The predicted molar refractivity (Wildman–Crippen MR) is 114 cm³/mol. The fourth-order valence-electron chi connectivity index (χ4n) is 5.08. The molecular formula is C20H34N6S. The zero-order valence-electron chi connectivity index (χ0n) is 17.0. The van der Waals surface area contributed by atoms with Crippen molar-refractivity contribution in [3.63, 3.8) is 0 Å². The van der Waals surface area contributed by atoms with Gasteiger partial charge in [-0.25, -0.2) is 9.98 Å². The lowest BCUT2D eigenvalue weighted by Gasteiger charge is -2.42. The van der Waals surface area contributed by atoms with Gasteiger partial charge in [-0.15, -0.1) is 11.3 Å². The van der Waals surface area contributed by atoms with Gasteiger partial charge in [0, 0.05) is 58.2 Å². The van der Waals surface area contributed by atoms with Crippen molar-refractivity contribution in [3.05, 3.63) is 11.1 Å². The van der Waals surface area contributed by atoms with E-state index in [1.165, 1.54) is 38.8 Å². The van der Waals surface area contributed by atoms with E-state index in [0.717, 1.165) is 54.3 Å². The van der Waals surface area contributed by atoms with Crippen LogP contribution in [0.2, 0.25) is 0 Å². The second kappa shape index (κ2) is 8.35. The maximum absolute atomic E-state index is 4.88. The van der Waals surface area contributed by atoms with Crippen LogP contribution in [0.25, 0.3) is 0 Å². The SMILES string of the molecule is CCNC(=NCc1csc(N(C)C)n1)N1CCN(C2CC3CCC2C3)CC1. The number of thiazole rings is 1. The Morgan fingerprint density at radius 3 is 2.67 bits per heavy atom. The molecule has 2 bridgehead atoms. The fourth-order valence-corrected chi connectivity index (χ4v) is 5.83. The zero-order chi connectivity index (χ0) is 18.8. The Labute approximate surface area is 167 Å². The summed E-state index contributed by atoms with van der Waals surface area (Å²) >= 11 is 1.68. The molecule has 1 aliphatic heterocycles. The molecule has 1 N–H and O–H groups in total. The maximum Gasteiger partial charge on any atom is 0.194 e. The van der Waals surface area contributed by atoms with Crippen molar-refractivity contribution < 1.29 is 0 Å². The Morgan fingerprint density at radius 1 is 1.26 bits per heavy atom. The van der Waals surface area contributed by atoms with Crippen LogP contribution in [0.15, 0.2) is 10.4 Å². The van der Waals surface area contributed by atoms with Crippen molar-refractivity contribution in [1.82, 2.24) is 20.1 Å². The number of piperazine rings is 1. The van der Waals surface area contributed by atoms with E-state index in [0.29, 0.717) is 6.54 Å². The molecule has 1 aromatic heterocycles. The smallest absolute Gasteiger partial charge is 0.194 e. The third-order valence-electron chi connectivity index (χ3n) is 6.43. The molecule has 0 radical (unpaired) electrons. The van der Waals surface area contributed by atoms with Crippen molar-refractivity contribution >= 4 is 22.4 Å². The lowest BCUT2D eigenvalue weighted by molar-refractivity contribution is 0.0958.